The molecule has 0 saturated carbocycles. The number of benzene rings is 1. The molecule has 5 heteroatoms. The lowest BCUT2D eigenvalue weighted by atomic mass is 10.2. The molecule has 1 aliphatic heterocycles. The Hall–Kier alpha value is -1.62. The van der Waals surface area contributed by atoms with E-state index in [0.717, 1.165) is 16.5 Å². The van der Waals surface area contributed by atoms with Crippen LogP contribution in [0.4, 0.5) is 0 Å². The van der Waals surface area contributed by atoms with Crippen molar-refractivity contribution in [2.45, 2.75) is 25.8 Å². The number of rotatable bonds is 4. The van der Waals surface area contributed by atoms with Crippen LogP contribution in [0.1, 0.15) is 25.3 Å². The second-order valence-corrected chi connectivity index (χ2v) is 5.75. The van der Waals surface area contributed by atoms with Crippen molar-refractivity contribution in [2.24, 2.45) is 0 Å². The zero-order valence-electron chi connectivity index (χ0n) is 11.9. The van der Waals surface area contributed by atoms with Gasteiger partial charge >= 0.3 is 5.97 Å². The highest BCUT2D eigenvalue weighted by Crippen LogP contribution is 2.19. The third-order valence-corrected chi connectivity index (χ3v) is 3.85. The maximum absolute atomic E-state index is 12.2. The summed E-state index contributed by atoms with van der Waals surface area (Å²) in [6.07, 6.45) is 4.78. The number of ether oxygens (including phenoxy) is 1. The molecule has 1 fully saturated rings. The van der Waals surface area contributed by atoms with Crippen molar-refractivity contribution in [1.29, 1.82) is 0 Å². The second kappa shape index (κ2) is 7.41. The lowest BCUT2D eigenvalue weighted by molar-refractivity contribution is -0.151. The predicted octanol–water partition coefficient (Wildman–Crippen LogP) is 3.02. The standard InChI is InChI=1S/C16H18BrNO3/c1-2-21-16(20)14-7-4-10-18(14)15(19)9-8-12-5-3-6-13(17)11-12/h3,5-6,8-9,11,14H,2,4,7,10H2,1H3. The van der Waals surface area contributed by atoms with E-state index in [1.807, 2.05) is 24.3 Å². The quantitative estimate of drug-likeness (QED) is 0.618. The van der Waals surface area contributed by atoms with Crippen LogP contribution in [0.5, 0.6) is 0 Å². The van der Waals surface area contributed by atoms with E-state index in [1.54, 1.807) is 17.9 Å². The molecule has 1 aliphatic rings. The molecule has 0 spiro atoms. The van der Waals surface area contributed by atoms with E-state index in [4.69, 9.17) is 4.74 Å². The van der Waals surface area contributed by atoms with Gasteiger partial charge in [-0.2, -0.15) is 0 Å². The predicted molar refractivity (Wildman–Crippen MR) is 84.5 cm³/mol. The first-order valence-corrected chi connectivity index (χ1v) is 7.82. The zero-order chi connectivity index (χ0) is 15.2. The Morgan fingerprint density at radius 1 is 1.48 bits per heavy atom. The second-order valence-electron chi connectivity index (χ2n) is 4.83. The molecule has 0 aromatic heterocycles. The highest BCUT2D eigenvalue weighted by atomic mass is 79.9. The van der Waals surface area contributed by atoms with Gasteiger partial charge in [0.05, 0.1) is 6.61 Å². The molecule has 0 N–H and O–H groups in total. The van der Waals surface area contributed by atoms with Crippen LogP contribution in [0.15, 0.2) is 34.8 Å². The van der Waals surface area contributed by atoms with E-state index < -0.39 is 6.04 Å². The lowest BCUT2D eigenvalue weighted by Crippen LogP contribution is -2.40. The number of hydrogen-bond acceptors (Lipinski definition) is 3. The first-order chi connectivity index (χ1) is 10.1. The van der Waals surface area contributed by atoms with Gasteiger partial charge in [0.25, 0.3) is 0 Å². The maximum Gasteiger partial charge on any atom is 0.328 e. The van der Waals surface area contributed by atoms with Gasteiger partial charge in [-0.3, -0.25) is 4.79 Å². The number of nitrogens with zero attached hydrogens (tertiary/aromatic N) is 1. The molecule has 1 heterocycles. The molecule has 112 valence electrons. The normalized spacial score (nSPS) is 18.2. The van der Waals surface area contributed by atoms with E-state index in [-0.39, 0.29) is 11.9 Å². The van der Waals surface area contributed by atoms with Crippen molar-refractivity contribution < 1.29 is 14.3 Å². The molecule has 4 nitrogen and oxygen atoms in total. The fourth-order valence-corrected chi connectivity index (χ4v) is 2.80. The SMILES string of the molecule is CCOC(=O)C1CCCN1C(=O)C=Cc1cccc(Br)c1. The molecule has 0 bridgehead atoms. The van der Waals surface area contributed by atoms with Crippen LogP contribution in [0.25, 0.3) is 6.08 Å². The van der Waals surface area contributed by atoms with Crippen molar-refractivity contribution in [3.8, 4) is 0 Å². The largest absolute Gasteiger partial charge is 0.464 e. The summed E-state index contributed by atoms with van der Waals surface area (Å²) < 4.78 is 5.98. The highest BCUT2D eigenvalue weighted by molar-refractivity contribution is 9.10. The minimum absolute atomic E-state index is 0.148. The summed E-state index contributed by atoms with van der Waals surface area (Å²) >= 11 is 3.39. The van der Waals surface area contributed by atoms with Crippen molar-refractivity contribution in [3.05, 3.63) is 40.4 Å². The average molecular weight is 352 g/mol. The van der Waals surface area contributed by atoms with Crippen LogP contribution in [0.2, 0.25) is 0 Å². The molecule has 0 aliphatic carbocycles. The maximum atomic E-state index is 12.2. The van der Waals surface area contributed by atoms with Gasteiger partial charge in [0.2, 0.25) is 5.91 Å². The molecule has 21 heavy (non-hydrogen) atoms. The summed E-state index contributed by atoms with van der Waals surface area (Å²) in [6.45, 7) is 2.71. The van der Waals surface area contributed by atoms with Gasteiger partial charge < -0.3 is 9.64 Å². The van der Waals surface area contributed by atoms with Gasteiger partial charge in [-0.05, 0) is 43.5 Å². The third kappa shape index (κ3) is 4.17. The summed E-state index contributed by atoms with van der Waals surface area (Å²) in [7, 11) is 0. The van der Waals surface area contributed by atoms with Crippen LogP contribution in [0.3, 0.4) is 0 Å². The Morgan fingerprint density at radius 3 is 3.00 bits per heavy atom. The minimum Gasteiger partial charge on any atom is -0.464 e. The molecular formula is C16H18BrNO3. The molecule has 1 aromatic carbocycles. The molecule has 1 amide bonds. The molecular weight excluding hydrogens is 334 g/mol. The minimum atomic E-state index is -0.440. The Bertz CT molecular complexity index is 556. The number of carbonyl (C=O) groups is 2. The summed E-state index contributed by atoms with van der Waals surface area (Å²) in [5.41, 5.74) is 0.935. The van der Waals surface area contributed by atoms with E-state index in [1.165, 1.54) is 6.08 Å². The Balaban J connectivity index is 2.03. The summed E-state index contributed by atoms with van der Waals surface area (Å²) in [6, 6.07) is 7.24. The average Bonchev–Trinajstić information content (AvgIpc) is 2.94. The number of likely N-dealkylation sites (tertiary alicyclic amines) is 1. The van der Waals surface area contributed by atoms with E-state index >= 15 is 0 Å². The van der Waals surface area contributed by atoms with Crippen LogP contribution >= 0.6 is 15.9 Å². The fourth-order valence-electron chi connectivity index (χ4n) is 2.39. The number of carbonyl (C=O) groups excluding carboxylic acids is 2. The smallest absolute Gasteiger partial charge is 0.328 e. The van der Waals surface area contributed by atoms with Crippen LogP contribution in [0, 0.1) is 0 Å². The Morgan fingerprint density at radius 2 is 2.29 bits per heavy atom. The van der Waals surface area contributed by atoms with E-state index in [2.05, 4.69) is 15.9 Å². The van der Waals surface area contributed by atoms with Crippen LogP contribution in [-0.2, 0) is 14.3 Å². The molecule has 2 rings (SSSR count). The lowest BCUT2D eigenvalue weighted by Gasteiger charge is -2.21. The van der Waals surface area contributed by atoms with Crippen molar-refractivity contribution in [2.75, 3.05) is 13.2 Å². The van der Waals surface area contributed by atoms with Gasteiger partial charge in [-0.15, -0.1) is 0 Å². The van der Waals surface area contributed by atoms with Gasteiger partial charge in [-0.25, -0.2) is 4.79 Å². The van der Waals surface area contributed by atoms with Crippen molar-refractivity contribution in [3.63, 3.8) is 0 Å². The van der Waals surface area contributed by atoms with E-state index in [9.17, 15) is 9.59 Å². The summed E-state index contributed by atoms with van der Waals surface area (Å²) in [5.74, 6) is -0.454. The summed E-state index contributed by atoms with van der Waals surface area (Å²) in [4.78, 5) is 25.7. The zero-order valence-corrected chi connectivity index (χ0v) is 13.5. The number of hydrogen-bond donors (Lipinski definition) is 0. The molecule has 1 atom stereocenters. The Kier molecular flexibility index (Phi) is 5.56. The number of esters is 1. The molecule has 1 unspecified atom stereocenters. The molecule has 0 radical (unpaired) electrons. The van der Waals surface area contributed by atoms with E-state index in [0.29, 0.717) is 19.6 Å². The van der Waals surface area contributed by atoms with Crippen molar-refractivity contribution in [1.82, 2.24) is 4.90 Å². The van der Waals surface area contributed by atoms with Crippen LogP contribution in [-0.4, -0.2) is 36.0 Å². The number of amides is 1. The molecule has 1 saturated heterocycles. The van der Waals surface area contributed by atoms with Gasteiger partial charge in [-0.1, -0.05) is 28.1 Å². The van der Waals surface area contributed by atoms with Gasteiger partial charge in [0.15, 0.2) is 0 Å². The first kappa shape index (κ1) is 15.8. The first-order valence-electron chi connectivity index (χ1n) is 7.02. The van der Waals surface area contributed by atoms with Crippen molar-refractivity contribution >= 4 is 33.9 Å². The topological polar surface area (TPSA) is 46.6 Å². The van der Waals surface area contributed by atoms with Crippen LogP contribution < -0.4 is 0 Å². The Labute approximate surface area is 132 Å². The fraction of sp³-hybridized carbons (Fsp3) is 0.375. The number of halogens is 1. The summed E-state index contributed by atoms with van der Waals surface area (Å²) in [5, 5.41) is 0. The highest BCUT2D eigenvalue weighted by Gasteiger charge is 2.33. The monoisotopic (exact) mass is 351 g/mol. The third-order valence-electron chi connectivity index (χ3n) is 3.36. The van der Waals surface area contributed by atoms with Gasteiger partial charge in [0, 0.05) is 17.1 Å². The van der Waals surface area contributed by atoms with Gasteiger partial charge in [0.1, 0.15) is 6.04 Å². The molecule has 1 aromatic rings.